The molecule has 0 saturated carbocycles. The number of benzene rings is 1. The quantitative estimate of drug-likeness (QED) is 0.806. The van der Waals surface area contributed by atoms with E-state index in [1.54, 1.807) is 13.1 Å². The van der Waals surface area contributed by atoms with Gasteiger partial charge in [-0.1, -0.05) is 30.3 Å². The van der Waals surface area contributed by atoms with E-state index in [1.807, 2.05) is 30.3 Å². The summed E-state index contributed by atoms with van der Waals surface area (Å²) in [6.07, 6.45) is 2.27. The summed E-state index contributed by atoms with van der Waals surface area (Å²) in [5.41, 5.74) is 2.66. The van der Waals surface area contributed by atoms with Crippen molar-refractivity contribution < 1.29 is 9.59 Å². The summed E-state index contributed by atoms with van der Waals surface area (Å²) in [4.78, 5) is 25.4. The predicted octanol–water partition coefficient (Wildman–Crippen LogP) is 2.07. The van der Waals surface area contributed by atoms with Crippen molar-refractivity contribution in [1.29, 1.82) is 0 Å². The number of carbonyl (C=O) groups excluding carboxylic acids is 2. The molecule has 0 unspecified atom stereocenters. The van der Waals surface area contributed by atoms with Crippen LogP contribution in [-0.2, 0) is 6.54 Å². The molecule has 1 aromatic heterocycles. The highest BCUT2D eigenvalue weighted by Crippen LogP contribution is 2.11. The Kier molecular flexibility index (Phi) is 3.57. The van der Waals surface area contributed by atoms with Crippen LogP contribution in [0.15, 0.2) is 36.5 Å². The molecule has 0 bridgehead atoms. The summed E-state index contributed by atoms with van der Waals surface area (Å²) < 4.78 is 0. The lowest BCUT2D eigenvalue weighted by atomic mass is 10.1. The van der Waals surface area contributed by atoms with Crippen molar-refractivity contribution in [3.63, 3.8) is 0 Å². The maximum atomic E-state index is 11.9. The van der Waals surface area contributed by atoms with Crippen LogP contribution in [0, 0.1) is 6.92 Å². The Morgan fingerprint density at radius 2 is 2.06 bits per heavy atom. The minimum absolute atomic E-state index is 0.180. The van der Waals surface area contributed by atoms with Crippen molar-refractivity contribution >= 4 is 12.2 Å². The molecule has 1 amide bonds. The molecule has 0 aliphatic carbocycles. The Morgan fingerprint density at radius 3 is 2.67 bits per heavy atom. The zero-order valence-electron chi connectivity index (χ0n) is 10.1. The van der Waals surface area contributed by atoms with Gasteiger partial charge in [0.25, 0.3) is 5.91 Å². The van der Waals surface area contributed by atoms with E-state index in [0.29, 0.717) is 29.7 Å². The van der Waals surface area contributed by atoms with Gasteiger partial charge in [0.2, 0.25) is 0 Å². The van der Waals surface area contributed by atoms with Crippen LogP contribution in [0.4, 0.5) is 0 Å². The van der Waals surface area contributed by atoms with E-state index in [9.17, 15) is 9.59 Å². The topological polar surface area (TPSA) is 62.0 Å². The number of H-pyrrole nitrogens is 1. The summed E-state index contributed by atoms with van der Waals surface area (Å²) in [6, 6.07) is 9.67. The Hall–Kier alpha value is -2.36. The average molecular weight is 242 g/mol. The number of aromatic nitrogens is 1. The first kappa shape index (κ1) is 12.1. The Balaban J connectivity index is 2.04. The van der Waals surface area contributed by atoms with E-state index >= 15 is 0 Å². The second kappa shape index (κ2) is 5.31. The number of aldehydes is 1. The van der Waals surface area contributed by atoms with E-state index in [0.717, 1.165) is 5.56 Å². The zero-order chi connectivity index (χ0) is 13.0. The van der Waals surface area contributed by atoms with Gasteiger partial charge in [-0.25, -0.2) is 0 Å². The average Bonchev–Trinajstić information content (AvgIpc) is 2.78. The van der Waals surface area contributed by atoms with Gasteiger partial charge in [-0.2, -0.15) is 0 Å². The molecule has 4 nitrogen and oxygen atoms in total. The van der Waals surface area contributed by atoms with Gasteiger partial charge < -0.3 is 10.3 Å². The van der Waals surface area contributed by atoms with Gasteiger partial charge >= 0.3 is 0 Å². The number of carbonyl (C=O) groups is 2. The maximum Gasteiger partial charge on any atom is 0.253 e. The molecule has 4 heteroatoms. The Labute approximate surface area is 105 Å². The largest absolute Gasteiger partial charge is 0.358 e. The SMILES string of the molecule is Cc1c(C(=O)NCc2ccccc2)c[nH]c1C=O. The highest BCUT2D eigenvalue weighted by Gasteiger charge is 2.13. The van der Waals surface area contributed by atoms with Gasteiger partial charge in [0.1, 0.15) is 0 Å². The third-order valence-corrected chi connectivity index (χ3v) is 2.84. The minimum atomic E-state index is -0.180. The van der Waals surface area contributed by atoms with Gasteiger partial charge in [0, 0.05) is 12.7 Å². The molecule has 0 aliphatic heterocycles. The van der Waals surface area contributed by atoms with Crippen LogP contribution in [0.2, 0.25) is 0 Å². The second-order valence-corrected chi connectivity index (χ2v) is 4.03. The number of rotatable bonds is 4. The first-order chi connectivity index (χ1) is 8.72. The van der Waals surface area contributed by atoms with Crippen molar-refractivity contribution in [3.05, 3.63) is 58.9 Å². The molecule has 0 radical (unpaired) electrons. The summed E-state index contributed by atoms with van der Waals surface area (Å²) in [7, 11) is 0. The fourth-order valence-electron chi connectivity index (χ4n) is 1.74. The number of hydrogen-bond donors (Lipinski definition) is 2. The van der Waals surface area contributed by atoms with Crippen LogP contribution in [0.1, 0.15) is 32.0 Å². The third kappa shape index (κ3) is 2.48. The molecule has 2 aromatic rings. The Morgan fingerprint density at radius 1 is 1.33 bits per heavy atom. The molecule has 2 N–H and O–H groups in total. The molecule has 18 heavy (non-hydrogen) atoms. The molecule has 1 heterocycles. The van der Waals surface area contributed by atoms with E-state index in [2.05, 4.69) is 10.3 Å². The molecule has 0 atom stereocenters. The van der Waals surface area contributed by atoms with Crippen molar-refractivity contribution in [2.24, 2.45) is 0 Å². The standard InChI is InChI=1S/C14H14N2O2/c1-10-12(8-15-13(10)9-17)14(18)16-7-11-5-3-2-4-6-11/h2-6,8-9,15H,7H2,1H3,(H,16,18). The highest BCUT2D eigenvalue weighted by molar-refractivity contribution is 5.97. The molecule has 0 fully saturated rings. The fourth-order valence-corrected chi connectivity index (χ4v) is 1.74. The zero-order valence-corrected chi connectivity index (χ0v) is 10.1. The van der Waals surface area contributed by atoms with Gasteiger partial charge in [0.15, 0.2) is 6.29 Å². The van der Waals surface area contributed by atoms with Gasteiger partial charge in [-0.3, -0.25) is 9.59 Å². The molecule has 0 saturated heterocycles. The highest BCUT2D eigenvalue weighted by atomic mass is 16.1. The normalized spacial score (nSPS) is 10.1. The minimum Gasteiger partial charge on any atom is -0.358 e. The molecule has 1 aromatic carbocycles. The molecule has 0 aliphatic rings. The third-order valence-electron chi connectivity index (χ3n) is 2.84. The fraction of sp³-hybridized carbons (Fsp3) is 0.143. The predicted molar refractivity (Wildman–Crippen MR) is 68.5 cm³/mol. The van der Waals surface area contributed by atoms with Gasteiger partial charge in [0.05, 0.1) is 11.3 Å². The number of nitrogens with one attached hydrogen (secondary N) is 2. The molecular formula is C14H14N2O2. The van der Waals surface area contributed by atoms with E-state index in [-0.39, 0.29) is 5.91 Å². The monoisotopic (exact) mass is 242 g/mol. The van der Waals surface area contributed by atoms with Crippen LogP contribution in [0.25, 0.3) is 0 Å². The lowest BCUT2D eigenvalue weighted by Gasteiger charge is -2.04. The van der Waals surface area contributed by atoms with Crippen molar-refractivity contribution in [1.82, 2.24) is 10.3 Å². The van der Waals surface area contributed by atoms with Crippen molar-refractivity contribution in [3.8, 4) is 0 Å². The van der Waals surface area contributed by atoms with Crippen LogP contribution >= 0.6 is 0 Å². The van der Waals surface area contributed by atoms with Gasteiger partial charge in [-0.15, -0.1) is 0 Å². The smallest absolute Gasteiger partial charge is 0.253 e. The maximum absolute atomic E-state index is 11.9. The summed E-state index contributed by atoms with van der Waals surface area (Å²) in [6.45, 7) is 2.22. The summed E-state index contributed by atoms with van der Waals surface area (Å²) in [5, 5.41) is 2.82. The first-order valence-corrected chi connectivity index (χ1v) is 5.67. The number of aromatic amines is 1. The van der Waals surface area contributed by atoms with Crippen LogP contribution < -0.4 is 5.32 Å². The second-order valence-electron chi connectivity index (χ2n) is 4.03. The molecule has 92 valence electrons. The van der Waals surface area contributed by atoms with E-state index < -0.39 is 0 Å². The van der Waals surface area contributed by atoms with E-state index in [1.165, 1.54) is 0 Å². The van der Waals surface area contributed by atoms with Crippen molar-refractivity contribution in [2.75, 3.05) is 0 Å². The molecule has 0 spiro atoms. The first-order valence-electron chi connectivity index (χ1n) is 5.67. The number of amides is 1. The van der Waals surface area contributed by atoms with Crippen LogP contribution in [0.5, 0.6) is 0 Å². The van der Waals surface area contributed by atoms with Crippen LogP contribution in [0.3, 0.4) is 0 Å². The van der Waals surface area contributed by atoms with Crippen LogP contribution in [-0.4, -0.2) is 17.2 Å². The number of hydrogen-bond acceptors (Lipinski definition) is 2. The van der Waals surface area contributed by atoms with Gasteiger partial charge in [-0.05, 0) is 18.1 Å². The lowest BCUT2D eigenvalue weighted by molar-refractivity contribution is 0.0950. The van der Waals surface area contributed by atoms with Crippen molar-refractivity contribution in [2.45, 2.75) is 13.5 Å². The summed E-state index contributed by atoms with van der Waals surface area (Å²) in [5.74, 6) is -0.180. The lowest BCUT2D eigenvalue weighted by Crippen LogP contribution is -2.23. The molecular weight excluding hydrogens is 228 g/mol. The Bertz CT molecular complexity index is 558. The molecule has 2 rings (SSSR count). The summed E-state index contributed by atoms with van der Waals surface area (Å²) >= 11 is 0. The van der Waals surface area contributed by atoms with E-state index in [4.69, 9.17) is 0 Å².